The van der Waals surface area contributed by atoms with E-state index in [-0.39, 0.29) is 10.0 Å². The number of aromatic nitrogens is 1. The summed E-state index contributed by atoms with van der Waals surface area (Å²) in [5.74, 6) is 0.673. The van der Waals surface area contributed by atoms with Crippen LogP contribution in [0.4, 0.5) is 0 Å². The molecule has 0 aliphatic rings. The van der Waals surface area contributed by atoms with Crippen LogP contribution in [0.1, 0.15) is 18.5 Å². The molecule has 0 saturated carbocycles. The quantitative estimate of drug-likeness (QED) is 0.858. The molecule has 5 nitrogen and oxygen atoms in total. The van der Waals surface area contributed by atoms with Crippen LogP contribution in [0, 0.1) is 0 Å². The molecule has 0 saturated heterocycles. The molecule has 2 rings (SSSR count). The van der Waals surface area contributed by atoms with Crippen molar-refractivity contribution in [1.29, 1.82) is 0 Å². The van der Waals surface area contributed by atoms with Gasteiger partial charge in [0, 0.05) is 12.2 Å². The summed E-state index contributed by atoms with van der Waals surface area (Å²) in [6.07, 6.45) is 1.23. The summed E-state index contributed by atoms with van der Waals surface area (Å²) in [5.41, 5.74) is 0.805. The highest BCUT2D eigenvalue weighted by molar-refractivity contribution is 7.89. The molecular formula is C14H15ClN2O3S. The van der Waals surface area contributed by atoms with Gasteiger partial charge >= 0.3 is 0 Å². The summed E-state index contributed by atoms with van der Waals surface area (Å²) in [7, 11) is -2.09. The van der Waals surface area contributed by atoms with Gasteiger partial charge in [-0.25, -0.2) is 18.1 Å². The fraction of sp³-hybridized carbons (Fsp3) is 0.214. The van der Waals surface area contributed by atoms with Crippen molar-refractivity contribution in [1.82, 2.24) is 9.71 Å². The van der Waals surface area contributed by atoms with Gasteiger partial charge in [0.1, 0.15) is 15.8 Å². The van der Waals surface area contributed by atoms with Gasteiger partial charge in [-0.1, -0.05) is 23.7 Å². The SMILES string of the molecule is COc1cccc(C(C)NS(=O)(=O)c2ccc(Cl)nc2)c1. The number of hydrogen-bond acceptors (Lipinski definition) is 4. The predicted molar refractivity (Wildman–Crippen MR) is 81.0 cm³/mol. The largest absolute Gasteiger partial charge is 0.497 e. The third kappa shape index (κ3) is 3.93. The molecule has 0 aliphatic heterocycles. The maximum atomic E-state index is 12.3. The Balaban J connectivity index is 2.21. The molecule has 1 atom stereocenters. The van der Waals surface area contributed by atoms with E-state index in [1.54, 1.807) is 26.2 Å². The van der Waals surface area contributed by atoms with E-state index in [0.29, 0.717) is 5.75 Å². The van der Waals surface area contributed by atoms with Gasteiger partial charge in [0.15, 0.2) is 0 Å². The summed E-state index contributed by atoms with van der Waals surface area (Å²) in [5, 5.41) is 0.245. The fourth-order valence-electron chi connectivity index (χ4n) is 1.80. The lowest BCUT2D eigenvalue weighted by atomic mass is 10.1. The van der Waals surface area contributed by atoms with Gasteiger partial charge in [0.05, 0.1) is 7.11 Å². The van der Waals surface area contributed by atoms with E-state index in [1.165, 1.54) is 18.3 Å². The maximum Gasteiger partial charge on any atom is 0.242 e. The Bertz CT molecular complexity index is 717. The normalized spacial score (nSPS) is 12.9. The van der Waals surface area contributed by atoms with Gasteiger partial charge < -0.3 is 4.74 Å². The van der Waals surface area contributed by atoms with E-state index in [0.717, 1.165) is 5.56 Å². The Labute approximate surface area is 129 Å². The number of halogens is 1. The summed E-state index contributed by atoms with van der Waals surface area (Å²) in [4.78, 5) is 3.85. The number of sulfonamides is 1. The second kappa shape index (κ2) is 6.43. The van der Waals surface area contributed by atoms with Crippen LogP contribution < -0.4 is 9.46 Å². The van der Waals surface area contributed by atoms with Gasteiger partial charge in [-0.3, -0.25) is 0 Å². The molecular weight excluding hydrogens is 312 g/mol. The van der Waals surface area contributed by atoms with Crippen LogP contribution in [0.5, 0.6) is 5.75 Å². The Morgan fingerprint density at radius 2 is 2.05 bits per heavy atom. The van der Waals surface area contributed by atoms with Gasteiger partial charge in [-0.05, 0) is 36.8 Å². The lowest BCUT2D eigenvalue weighted by Crippen LogP contribution is -2.27. The predicted octanol–water partition coefficient (Wildman–Crippen LogP) is 2.78. The summed E-state index contributed by atoms with van der Waals surface area (Å²) in [6, 6.07) is 9.67. The van der Waals surface area contributed by atoms with E-state index in [1.807, 2.05) is 12.1 Å². The van der Waals surface area contributed by atoms with Crippen molar-refractivity contribution in [3.05, 3.63) is 53.3 Å². The molecule has 2 aromatic rings. The Kier molecular flexibility index (Phi) is 4.82. The Morgan fingerprint density at radius 1 is 1.29 bits per heavy atom. The lowest BCUT2D eigenvalue weighted by Gasteiger charge is -2.15. The van der Waals surface area contributed by atoms with Gasteiger partial charge in [-0.2, -0.15) is 0 Å². The molecule has 0 radical (unpaired) electrons. The molecule has 21 heavy (non-hydrogen) atoms. The molecule has 112 valence electrons. The topological polar surface area (TPSA) is 68.3 Å². The van der Waals surface area contributed by atoms with Crippen molar-refractivity contribution in [3.63, 3.8) is 0 Å². The fourth-order valence-corrected chi connectivity index (χ4v) is 3.09. The monoisotopic (exact) mass is 326 g/mol. The standard InChI is InChI=1S/C14H15ClN2O3S/c1-10(11-4-3-5-12(8-11)20-2)17-21(18,19)13-6-7-14(15)16-9-13/h3-10,17H,1-2H3. The highest BCUT2D eigenvalue weighted by atomic mass is 35.5. The minimum absolute atomic E-state index is 0.0710. The first-order valence-corrected chi connectivity index (χ1v) is 8.06. The number of rotatable bonds is 5. The van der Waals surface area contributed by atoms with Gasteiger partial charge in [0.2, 0.25) is 10.0 Å². The third-order valence-electron chi connectivity index (χ3n) is 2.94. The van der Waals surface area contributed by atoms with Crippen LogP contribution in [0.15, 0.2) is 47.5 Å². The average Bonchev–Trinajstić information content (AvgIpc) is 2.47. The molecule has 7 heteroatoms. The van der Waals surface area contributed by atoms with Crippen LogP contribution in [-0.2, 0) is 10.0 Å². The second-order valence-electron chi connectivity index (χ2n) is 4.44. The van der Waals surface area contributed by atoms with Crippen molar-refractivity contribution in [2.24, 2.45) is 0 Å². The molecule has 1 aromatic carbocycles. The second-order valence-corrected chi connectivity index (χ2v) is 6.54. The van der Waals surface area contributed by atoms with Crippen LogP contribution in [0.3, 0.4) is 0 Å². The van der Waals surface area contributed by atoms with Gasteiger partial charge in [-0.15, -0.1) is 0 Å². The number of hydrogen-bond donors (Lipinski definition) is 1. The van der Waals surface area contributed by atoms with Crippen molar-refractivity contribution in [2.45, 2.75) is 17.9 Å². The van der Waals surface area contributed by atoms with Crippen LogP contribution in [0.2, 0.25) is 5.15 Å². The molecule has 0 aliphatic carbocycles. The van der Waals surface area contributed by atoms with E-state index in [4.69, 9.17) is 16.3 Å². The number of pyridine rings is 1. The molecule has 1 heterocycles. The number of methoxy groups -OCH3 is 1. The lowest BCUT2D eigenvalue weighted by molar-refractivity contribution is 0.413. The number of benzene rings is 1. The van der Waals surface area contributed by atoms with Crippen molar-refractivity contribution < 1.29 is 13.2 Å². The summed E-state index contributed by atoms with van der Waals surface area (Å²) >= 11 is 5.66. The number of ether oxygens (including phenoxy) is 1. The van der Waals surface area contributed by atoms with Crippen molar-refractivity contribution >= 4 is 21.6 Å². The van der Waals surface area contributed by atoms with E-state index in [2.05, 4.69) is 9.71 Å². The van der Waals surface area contributed by atoms with Gasteiger partial charge in [0.25, 0.3) is 0 Å². The minimum atomic E-state index is -3.66. The molecule has 0 amide bonds. The number of nitrogens with one attached hydrogen (secondary N) is 1. The Morgan fingerprint density at radius 3 is 2.67 bits per heavy atom. The third-order valence-corrected chi connectivity index (χ3v) is 4.69. The minimum Gasteiger partial charge on any atom is -0.497 e. The van der Waals surface area contributed by atoms with Crippen LogP contribution in [-0.4, -0.2) is 20.5 Å². The first-order chi connectivity index (χ1) is 9.92. The molecule has 0 spiro atoms. The van der Waals surface area contributed by atoms with Crippen LogP contribution >= 0.6 is 11.6 Å². The van der Waals surface area contributed by atoms with E-state index < -0.39 is 16.1 Å². The molecule has 1 N–H and O–H groups in total. The maximum absolute atomic E-state index is 12.3. The van der Waals surface area contributed by atoms with Crippen molar-refractivity contribution in [3.8, 4) is 5.75 Å². The molecule has 0 bridgehead atoms. The molecule has 1 unspecified atom stereocenters. The smallest absolute Gasteiger partial charge is 0.242 e. The zero-order valence-electron chi connectivity index (χ0n) is 11.6. The average molecular weight is 327 g/mol. The summed E-state index contributed by atoms with van der Waals surface area (Å²) < 4.78 is 32.2. The first kappa shape index (κ1) is 15.8. The van der Waals surface area contributed by atoms with Crippen LogP contribution in [0.25, 0.3) is 0 Å². The highest BCUT2D eigenvalue weighted by Gasteiger charge is 2.19. The number of nitrogens with zero attached hydrogens (tertiary/aromatic N) is 1. The zero-order chi connectivity index (χ0) is 15.5. The van der Waals surface area contributed by atoms with Crippen molar-refractivity contribution in [2.75, 3.05) is 7.11 Å². The zero-order valence-corrected chi connectivity index (χ0v) is 13.1. The summed E-state index contributed by atoms with van der Waals surface area (Å²) in [6.45, 7) is 1.76. The highest BCUT2D eigenvalue weighted by Crippen LogP contribution is 2.21. The van der Waals surface area contributed by atoms with E-state index >= 15 is 0 Å². The van der Waals surface area contributed by atoms with E-state index in [9.17, 15) is 8.42 Å². The molecule has 1 aromatic heterocycles. The first-order valence-electron chi connectivity index (χ1n) is 6.20. The Hall–Kier alpha value is -1.63. The molecule has 0 fully saturated rings.